The number of H-pyrrole nitrogens is 2. The van der Waals surface area contributed by atoms with Crippen LogP contribution in [0.3, 0.4) is 0 Å². The molecule has 1 aromatic carbocycles. The van der Waals surface area contributed by atoms with Crippen LogP contribution in [0.25, 0.3) is 44.5 Å². The molecule has 3 N–H and O–H groups in total. The molecule has 206 valence electrons. The fourth-order valence-electron chi connectivity index (χ4n) is 5.63. The van der Waals surface area contributed by atoms with Crippen LogP contribution in [0.5, 0.6) is 0 Å². The number of carbonyl (C=O) groups is 1. The average molecular weight is 549 g/mol. The topological polar surface area (TPSA) is 106 Å². The molecular formula is C31H29FN8O. The van der Waals surface area contributed by atoms with Crippen LogP contribution in [0.2, 0.25) is 0 Å². The number of amides is 2. The number of nitrogens with one attached hydrogen (secondary N) is 3. The Morgan fingerprint density at radius 2 is 1.90 bits per heavy atom. The maximum Gasteiger partial charge on any atom is 0.321 e. The zero-order valence-corrected chi connectivity index (χ0v) is 22.6. The van der Waals surface area contributed by atoms with Crippen molar-refractivity contribution in [1.82, 2.24) is 34.9 Å². The van der Waals surface area contributed by atoms with Crippen LogP contribution in [-0.4, -0.2) is 74.2 Å². The number of allylic oxidation sites excluding steroid dienone is 4. The first-order valence-electron chi connectivity index (χ1n) is 13.7. The van der Waals surface area contributed by atoms with Crippen molar-refractivity contribution >= 4 is 33.7 Å². The lowest BCUT2D eigenvalue weighted by Crippen LogP contribution is -2.48. The first-order chi connectivity index (χ1) is 20.0. The predicted molar refractivity (Wildman–Crippen MR) is 158 cm³/mol. The summed E-state index contributed by atoms with van der Waals surface area (Å²) in [5.74, 6) is -0.128. The number of fused-ring (bicyclic) bond motifs is 2. The van der Waals surface area contributed by atoms with E-state index in [0.717, 1.165) is 57.5 Å². The van der Waals surface area contributed by atoms with Crippen molar-refractivity contribution < 1.29 is 9.18 Å². The highest BCUT2D eigenvalue weighted by Crippen LogP contribution is 2.37. The summed E-state index contributed by atoms with van der Waals surface area (Å²) in [5, 5.41) is 12.5. The van der Waals surface area contributed by atoms with E-state index in [9.17, 15) is 9.18 Å². The van der Waals surface area contributed by atoms with E-state index in [4.69, 9.17) is 0 Å². The fourth-order valence-corrected chi connectivity index (χ4v) is 5.63. The minimum absolute atomic E-state index is 0.0179. The molecule has 0 spiro atoms. The number of aromatic nitrogens is 5. The molecule has 1 aliphatic heterocycles. The van der Waals surface area contributed by atoms with Gasteiger partial charge >= 0.3 is 6.03 Å². The molecule has 2 aliphatic rings. The maximum atomic E-state index is 14.0. The molecule has 1 atom stereocenters. The molecule has 1 unspecified atom stereocenters. The van der Waals surface area contributed by atoms with Gasteiger partial charge in [0.15, 0.2) is 5.65 Å². The summed E-state index contributed by atoms with van der Waals surface area (Å²) in [6, 6.07) is 12.0. The monoisotopic (exact) mass is 548 g/mol. The lowest BCUT2D eigenvalue weighted by atomic mass is 9.90. The van der Waals surface area contributed by atoms with Crippen molar-refractivity contribution in [2.45, 2.75) is 12.3 Å². The third-order valence-corrected chi connectivity index (χ3v) is 7.93. The molecule has 5 aromatic rings. The van der Waals surface area contributed by atoms with E-state index in [1.165, 1.54) is 6.08 Å². The summed E-state index contributed by atoms with van der Waals surface area (Å²) in [6.45, 7) is 3.10. The molecule has 4 aromatic heterocycles. The van der Waals surface area contributed by atoms with Gasteiger partial charge in [-0.2, -0.15) is 5.10 Å². The second kappa shape index (κ2) is 10.3. The highest BCUT2D eigenvalue weighted by molar-refractivity contribution is 5.97. The minimum atomic E-state index is -0.122. The Bertz CT molecular complexity index is 1830. The van der Waals surface area contributed by atoms with E-state index in [1.807, 2.05) is 35.2 Å². The van der Waals surface area contributed by atoms with Gasteiger partial charge < -0.3 is 20.1 Å². The number of aromatic amines is 2. The van der Waals surface area contributed by atoms with E-state index in [0.29, 0.717) is 30.8 Å². The molecular weight excluding hydrogens is 519 g/mol. The van der Waals surface area contributed by atoms with Crippen molar-refractivity contribution in [1.29, 1.82) is 0 Å². The SMILES string of the molecule is CN1CCN(C(=O)Nc2cncc(-c3cnc4n[nH]c(-c5cc6c(C7C=CC=C(F)C7)cccc6[nH]5)c4c3)c2)CC1. The second-order valence-corrected chi connectivity index (χ2v) is 10.7. The molecule has 0 saturated carbocycles. The van der Waals surface area contributed by atoms with Crippen molar-refractivity contribution in [3.8, 4) is 22.5 Å². The number of likely N-dealkylation sites (N-methyl/N-ethyl adjacent to an activating group) is 1. The molecule has 1 aliphatic carbocycles. The van der Waals surface area contributed by atoms with Crippen LogP contribution in [0.1, 0.15) is 17.9 Å². The van der Waals surface area contributed by atoms with Crippen LogP contribution in [0.15, 0.2) is 79.0 Å². The summed E-state index contributed by atoms with van der Waals surface area (Å²) in [7, 11) is 2.06. The Morgan fingerprint density at radius 1 is 1.05 bits per heavy atom. The van der Waals surface area contributed by atoms with E-state index in [-0.39, 0.29) is 17.8 Å². The zero-order chi connectivity index (χ0) is 27.9. The number of hydrogen-bond donors (Lipinski definition) is 3. The number of nitrogens with zero attached hydrogens (tertiary/aromatic N) is 5. The number of anilines is 1. The molecule has 5 heterocycles. The second-order valence-electron chi connectivity index (χ2n) is 10.7. The van der Waals surface area contributed by atoms with Gasteiger partial charge in [-0.3, -0.25) is 10.1 Å². The Morgan fingerprint density at radius 3 is 2.76 bits per heavy atom. The number of carbonyl (C=O) groups excluding carboxylic acids is 1. The number of rotatable bonds is 4. The van der Waals surface area contributed by atoms with Crippen molar-refractivity contribution in [2.75, 3.05) is 38.5 Å². The van der Waals surface area contributed by atoms with Crippen LogP contribution >= 0.6 is 0 Å². The van der Waals surface area contributed by atoms with Gasteiger partial charge in [-0.1, -0.05) is 24.3 Å². The van der Waals surface area contributed by atoms with Crippen LogP contribution in [0.4, 0.5) is 14.9 Å². The van der Waals surface area contributed by atoms with E-state index in [1.54, 1.807) is 24.7 Å². The molecule has 1 fully saturated rings. The zero-order valence-electron chi connectivity index (χ0n) is 22.6. The van der Waals surface area contributed by atoms with Crippen molar-refractivity contribution in [2.24, 2.45) is 0 Å². The van der Waals surface area contributed by atoms with Crippen molar-refractivity contribution in [3.05, 3.63) is 84.6 Å². The summed E-state index contributed by atoms with van der Waals surface area (Å²) in [4.78, 5) is 29.3. The third kappa shape index (κ3) is 4.87. The lowest BCUT2D eigenvalue weighted by molar-refractivity contribution is 0.164. The lowest BCUT2D eigenvalue weighted by Gasteiger charge is -2.32. The van der Waals surface area contributed by atoms with Crippen LogP contribution in [0, 0.1) is 0 Å². The van der Waals surface area contributed by atoms with Gasteiger partial charge in [0.1, 0.15) is 5.83 Å². The van der Waals surface area contributed by atoms with Crippen LogP contribution in [-0.2, 0) is 0 Å². The summed E-state index contributed by atoms with van der Waals surface area (Å²) in [6.07, 6.45) is 10.9. The summed E-state index contributed by atoms with van der Waals surface area (Å²) in [5.41, 5.74) is 6.65. The number of hydrogen-bond acceptors (Lipinski definition) is 5. The van der Waals surface area contributed by atoms with Gasteiger partial charge in [-0.25, -0.2) is 14.2 Å². The fraction of sp³-hybridized carbons (Fsp3) is 0.226. The van der Waals surface area contributed by atoms with Gasteiger partial charge in [-0.15, -0.1) is 0 Å². The largest absolute Gasteiger partial charge is 0.353 e. The number of urea groups is 1. The molecule has 0 bridgehead atoms. The van der Waals surface area contributed by atoms with Gasteiger partial charge in [0.05, 0.1) is 23.3 Å². The molecule has 2 amide bonds. The Balaban J connectivity index is 1.19. The predicted octanol–water partition coefficient (Wildman–Crippen LogP) is 5.84. The normalized spacial score (nSPS) is 17.8. The molecule has 10 heteroatoms. The first kappa shape index (κ1) is 25.2. The molecule has 41 heavy (non-hydrogen) atoms. The number of halogens is 1. The van der Waals surface area contributed by atoms with E-state index in [2.05, 4.69) is 54.5 Å². The molecule has 9 nitrogen and oxygen atoms in total. The summed E-state index contributed by atoms with van der Waals surface area (Å²) < 4.78 is 14.0. The van der Waals surface area contributed by atoms with Crippen molar-refractivity contribution in [3.63, 3.8) is 0 Å². The molecule has 1 saturated heterocycles. The summed E-state index contributed by atoms with van der Waals surface area (Å²) >= 11 is 0. The van der Waals surface area contributed by atoms with E-state index < -0.39 is 0 Å². The number of benzene rings is 1. The van der Waals surface area contributed by atoms with Gasteiger partial charge in [-0.05, 0) is 43.0 Å². The standard InChI is InChI=1S/C31H29FN8O/c1-39-8-10-40(11-9-39)31(41)35-23-13-20(16-33-18-23)21-14-26-29(37-38-30(26)34-17-21)28-15-25-24(6-3-7-27(25)36-28)19-4-2-5-22(32)12-19/h2-7,13-19,36H,8-12H2,1H3,(H,35,41)(H,34,37,38). The molecule has 0 radical (unpaired) electrons. The van der Waals surface area contributed by atoms with Gasteiger partial charge in [0.2, 0.25) is 0 Å². The Labute approximate surface area is 235 Å². The van der Waals surface area contributed by atoms with E-state index >= 15 is 0 Å². The maximum absolute atomic E-state index is 14.0. The number of pyridine rings is 2. The average Bonchev–Trinajstić information content (AvgIpc) is 3.61. The Hall–Kier alpha value is -4.83. The number of piperazine rings is 1. The minimum Gasteiger partial charge on any atom is -0.353 e. The van der Waals surface area contributed by atoms with Gasteiger partial charge in [0, 0.05) is 78.3 Å². The van der Waals surface area contributed by atoms with Crippen LogP contribution < -0.4 is 5.32 Å². The highest BCUT2D eigenvalue weighted by atomic mass is 19.1. The highest BCUT2D eigenvalue weighted by Gasteiger charge is 2.21. The quantitative estimate of drug-likeness (QED) is 0.262. The third-order valence-electron chi connectivity index (χ3n) is 7.93. The van der Waals surface area contributed by atoms with Gasteiger partial charge in [0.25, 0.3) is 0 Å². The molecule has 7 rings (SSSR count). The first-order valence-corrected chi connectivity index (χ1v) is 13.7. The smallest absolute Gasteiger partial charge is 0.321 e. The Kier molecular flexibility index (Phi) is 6.31.